The van der Waals surface area contributed by atoms with Gasteiger partial charge in [0.2, 0.25) is 0 Å². The standard InChI is InChI=1S/C14H20O2S/c1-5-12(4)17(16)9-14(15)13-8-10(2)6-7-11(13)3/h6-8,12H,5,9H2,1-4H3. The molecule has 0 N–H and O–H groups in total. The normalized spacial score (nSPS) is 14.4. The molecular formula is C14H20O2S. The number of rotatable bonds is 5. The van der Waals surface area contributed by atoms with Crippen LogP contribution < -0.4 is 0 Å². The molecule has 2 nitrogen and oxygen atoms in total. The maximum atomic E-state index is 12.1. The van der Waals surface area contributed by atoms with Crippen LogP contribution in [0.1, 0.15) is 41.8 Å². The van der Waals surface area contributed by atoms with Gasteiger partial charge in [-0.25, -0.2) is 0 Å². The number of carbonyl (C=O) groups excluding carboxylic acids is 1. The van der Waals surface area contributed by atoms with E-state index in [9.17, 15) is 9.00 Å². The van der Waals surface area contributed by atoms with Crippen LogP contribution in [0.15, 0.2) is 18.2 Å². The molecule has 0 aliphatic heterocycles. The minimum absolute atomic E-state index is 0.00941. The molecule has 0 radical (unpaired) electrons. The van der Waals surface area contributed by atoms with E-state index in [1.165, 1.54) is 0 Å². The molecule has 0 bridgehead atoms. The van der Waals surface area contributed by atoms with Gasteiger partial charge in [-0.1, -0.05) is 31.5 Å². The van der Waals surface area contributed by atoms with E-state index in [-0.39, 0.29) is 16.8 Å². The van der Waals surface area contributed by atoms with E-state index in [0.717, 1.165) is 17.5 Å². The topological polar surface area (TPSA) is 34.1 Å². The summed E-state index contributed by atoms with van der Waals surface area (Å²) in [6.07, 6.45) is 0.840. The fraction of sp³-hybridized carbons (Fsp3) is 0.500. The minimum atomic E-state index is -1.06. The molecule has 0 spiro atoms. The summed E-state index contributed by atoms with van der Waals surface area (Å²) in [6.45, 7) is 7.79. The molecule has 0 aliphatic carbocycles. The van der Waals surface area contributed by atoms with E-state index in [2.05, 4.69) is 0 Å². The molecule has 0 heterocycles. The van der Waals surface area contributed by atoms with Crippen molar-refractivity contribution in [3.05, 3.63) is 34.9 Å². The summed E-state index contributed by atoms with van der Waals surface area (Å²) in [5.74, 6) is 0.129. The van der Waals surface area contributed by atoms with Gasteiger partial charge < -0.3 is 0 Å². The third-order valence-corrected chi connectivity index (χ3v) is 4.77. The second kappa shape index (κ2) is 6.10. The van der Waals surface area contributed by atoms with Crippen molar-refractivity contribution in [3.8, 4) is 0 Å². The maximum absolute atomic E-state index is 12.1. The van der Waals surface area contributed by atoms with Crippen LogP contribution in [0.25, 0.3) is 0 Å². The van der Waals surface area contributed by atoms with Crippen LogP contribution in [0.3, 0.4) is 0 Å². The molecule has 0 aliphatic rings. The van der Waals surface area contributed by atoms with Crippen molar-refractivity contribution in [1.82, 2.24) is 0 Å². The molecule has 1 aromatic carbocycles. The molecular weight excluding hydrogens is 232 g/mol. The number of hydrogen-bond acceptors (Lipinski definition) is 2. The third kappa shape index (κ3) is 3.77. The predicted octanol–water partition coefficient (Wildman–Crippen LogP) is 3.03. The van der Waals surface area contributed by atoms with Crippen LogP contribution in [-0.2, 0) is 10.8 Å². The van der Waals surface area contributed by atoms with Gasteiger partial charge in [-0.2, -0.15) is 0 Å². The summed E-state index contributed by atoms with van der Waals surface area (Å²) in [7, 11) is -1.06. The van der Waals surface area contributed by atoms with E-state index in [1.54, 1.807) is 0 Å². The van der Waals surface area contributed by atoms with Crippen LogP contribution in [0.2, 0.25) is 0 Å². The molecule has 0 saturated carbocycles. The first-order valence-corrected chi connectivity index (χ1v) is 7.31. The summed E-state index contributed by atoms with van der Waals surface area (Å²) in [4.78, 5) is 12.1. The lowest BCUT2D eigenvalue weighted by atomic mass is 10.0. The number of aryl methyl sites for hydroxylation is 2. The summed E-state index contributed by atoms with van der Waals surface area (Å²) in [6, 6.07) is 5.80. The molecule has 2 unspecified atom stereocenters. The number of hydrogen-bond donors (Lipinski definition) is 0. The number of carbonyl (C=O) groups is 1. The lowest BCUT2D eigenvalue weighted by molar-refractivity contribution is 0.102. The maximum Gasteiger partial charge on any atom is 0.175 e. The van der Waals surface area contributed by atoms with Crippen molar-refractivity contribution in [2.24, 2.45) is 0 Å². The average molecular weight is 252 g/mol. The second-order valence-corrected chi connectivity index (χ2v) is 6.34. The van der Waals surface area contributed by atoms with Gasteiger partial charge in [0.05, 0.1) is 5.75 Å². The zero-order valence-corrected chi connectivity index (χ0v) is 11.8. The van der Waals surface area contributed by atoms with Crippen LogP contribution in [0, 0.1) is 13.8 Å². The Labute approximate surface area is 106 Å². The van der Waals surface area contributed by atoms with E-state index >= 15 is 0 Å². The van der Waals surface area contributed by atoms with E-state index in [0.29, 0.717) is 5.56 Å². The first-order valence-electron chi connectivity index (χ1n) is 5.93. The van der Waals surface area contributed by atoms with Crippen LogP contribution in [0.5, 0.6) is 0 Å². The first-order chi connectivity index (χ1) is 7.95. The van der Waals surface area contributed by atoms with Crippen molar-refractivity contribution in [3.63, 3.8) is 0 Å². The molecule has 17 heavy (non-hydrogen) atoms. The van der Waals surface area contributed by atoms with Gasteiger partial charge in [-0.3, -0.25) is 9.00 Å². The Balaban J connectivity index is 2.83. The fourth-order valence-corrected chi connectivity index (χ4v) is 2.64. The summed E-state index contributed by atoms with van der Waals surface area (Å²) in [5, 5.41) is 0.0871. The van der Waals surface area contributed by atoms with Crippen LogP contribution in [0.4, 0.5) is 0 Å². The summed E-state index contributed by atoms with van der Waals surface area (Å²) in [5.41, 5.74) is 2.73. The smallest absolute Gasteiger partial charge is 0.175 e. The van der Waals surface area contributed by atoms with Crippen LogP contribution in [-0.4, -0.2) is 21.0 Å². The monoisotopic (exact) mass is 252 g/mol. The number of benzene rings is 1. The lowest BCUT2D eigenvalue weighted by Gasteiger charge is -2.09. The van der Waals surface area contributed by atoms with Gasteiger partial charge >= 0.3 is 0 Å². The molecule has 1 rings (SSSR count). The highest BCUT2D eigenvalue weighted by Gasteiger charge is 2.16. The molecule has 3 heteroatoms. The minimum Gasteiger partial charge on any atom is -0.293 e. The average Bonchev–Trinajstić information content (AvgIpc) is 2.30. The lowest BCUT2D eigenvalue weighted by Crippen LogP contribution is -2.19. The molecule has 0 fully saturated rings. The van der Waals surface area contributed by atoms with Gasteiger partial charge in [0.25, 0.3) is 0 Å². The Bertz CT molecular complexity index is 438. The van der Waals surface area contributed by atoms with Gasteiger partial charge in [0.15, 0.2) is 5.78 Å². The van der Waals surface area contributed by atoms with Gasteiger partial charge in [-0.15, -0.1) is 0 Å². The Hall–Kier alpha value is -0.960. The van der Waals surface area contributed by atoms with Crippen molar-refractivity contribution in [2.75, 3.05) is 5.75 Å². The first kappa shape index (κ1) is 14.1. The molecule has 1 aromatic rings. The predicted molar refractivity (Wildman–Crippen MR) is 73.0 cm³/mol. The zero-order chi connectivity index (χ0) is 13.0. The van der Waals surface area contributed by atoms with Gasteiger partial charge in [0, 0.05) is 21.6 Å². The molecule has 94 valence electrons. The van der Waals surface area contributed by atoms with Crippen LogP contribution >= 0.6 is 0 Å². The Morgan fingerprint density at radius 1 is 1.35 bits per heavy atom. The Kier molecular flexibility index (Phi) is 5.06. The van der Waals surface area contributed by atoms with E-state index in [4.69, 9.17) is 0 Å². The zero-order valence-electron chi connectivity index (χ0n) is 10.9. The molecule has 0 amide bonds. The van der Waals surface area contributed by atoms with E-state index < -0.39 is 10.8 Å². The van der Waals surface area contributed by atoms with Crippen molar-refractivity contribution in [2.45, 2.75) is 39.4 Å². The molecule has 0 saturated heterocycles. The highest BCUT2D eigenvalue weighted by Crippen LogP contribution is 2.13. The summed E-state index contributed by atoms with van der Waals surface area (Å²) >= 11 is 0. The number of Topliss-reactive ketones (excluding diaryl/α,β-unsaturated/α-hetero) is 1. The van der Waals surface area contributed by atoms with E-state index in [1.807, 2.05) is 45.9 Å². The van der Waals surface area contributed by atoms with Crippen molar-refractivity contribution in [1.29, 1.82) is 0 Å². The molecule has 2 atom stereocenters. The number of ketones is 1. The second-order valence-electron chi connectivity index (χ2n) is 4.49. The SMILES string of the molecule is CCC(C)S(=O)CC(=O)c1cc(C)ccc1C. The highest BCUT2D eigenvalue weighted by molar-refractivity contribution is 7.86. The van der Waals surface area contributed by atoms with Crippen molar-refractivity contribution < 1.29 is 9.00 Å². The fourth-order valence-electron chi connectivity index (χ4n) is 1.57. The van der Waals surface area contributed by atoms with Gasteiger partial charge in [-0.05, 0) is 31.9 Å². The van der Waals surface area contributed by atoms with Crippen molar-refractivity contribution >= 4 is 16.6 Å². The quantitative estimate of drug-likeness (QED) is 0.755. The molecule has 0 aromatic heterocycles. The summed E-state index contributed by atoms with van der Waals surface area (Å²) < 4.78 is 11.8. The van der Waals surface area contributed by atoms with Gasteiger partial charge in [0.1, 0.15) is 0 Å². The third-order valence-electron chi connectivity index (χ3n) is 2.99. The Morgan fingerprint density at radius 3 is 2.59 bits per heavy atom. The Morgan fingerprint density at radius 2 is 2.00 bits per heavy atom. The highest BCUT2D eigenvalue weighted by atomic mass is 32.2. The largest absolute Gasteiger partial charge is 0.293 e.